The molecule has 2 N–H and O–H groups in total. The Morgan fingerprint density at radius 3 is 2.38 bits per heavy atom. The molecule has 1 atom stereocenters. The number of nitrogens with one attached hydrogen (secondary N) is 2. The maximum atomic E-state index is 12.2. The van der Waals surface area contributed by atoms with Crippen LogP contribution in [0.5, 0.6) is 0 Å². The molecule has 0 aromatic heterocycles. The zero-order valence-corrected chi connectivity index (χ0v) is 15.7. The molecule has 0 saturated carbocycles. The van der Waals surface area contributed by atoms with E-state index in [1.807, 2.05) is 54.6 Å². The van der Waals surface area contributed by atoms with Crippen molar-refractivity contribution in [2.24, 2.45) is 0 Å². The van der Waals surface area contributed by atoms with Crippen molar-refractivity contribution in [1.29, 1.82) is 0 Å². The Morgan fingerprint density at radius 1 is 1.08 bits per heavy atom. The molecular formula is C18H19BrN2O2S. The van der Waals surface area contributed by atoms with Gasteiger partial charge in [-0.05, 0) is 23.3 Å². The van der Waals surface area contributed by atoms with Gasteiger partial charge in [0.15, 0.2) is 0 Å². The van der Waals surface area contributed by atoms with Crippen molar-refractivity contribution in [1.82, 2.24) is 10.6 Å². The van der Waals surface area contributed by atoms with Crippen LogP contribution in [0.4, 0.5) is 0 Å². The second-order valence-electron chi connectivity index (χ2n) is 5.14. The van der Waals surface area contributed by atoms with E-state index in [9.17, 15) is 9.59 Å². The molecule has 0 radical (unpaired) electrons. The highest BCUT2D eigenvalue weighted by Crippen LogP contribution is 2.17. The lowest BCUT2D eigenvalue weighted by atomic mass is 10.1. The predicted molar refractivity (Wildman–Crippen MR) is 102 cm³/mol. The summed E-state index contributed by atoms with van der Waals surface area (Å²) in [5.41, 5.74) is 1.92. The SMILES string of the molecule is CNC(=O)C(NC(=O)CSCc1ccc(Br)cc1)c1ccccc1. The summed E-state index contributed by atoms with van der Waals surface area (Å²) in [6, 6.07) is 16.6. The summed E-state index contributed by atoms with van der Waals surface area (Å²) >= 11 is 4.92. The lowest BCUT2D eigenvalue weighted by Crippen LogP contribution is -2.39. The molecular weight excluding hydrogens is 388 g/mol. The lowest BCUT2D eigenvalue weighted by molar-refractivity contribution is -0.127. The normalized spacial score (nSPS) is 11.6. The van der Waals surface area contributed by atoms with Gasteiger partial charge in [-0.2, -0.15) is 0 Å². The number of hydrogen-bond donors (Lipinski definition) is 2. The standard InChI is InChI=1S/C18H19BrN2O2S/c1-20-18(23)17(14-5-3-2-4-6-14)21-16(22)12-24-11-13-7-9-15(19)10-8-13/h2-10,17H,11-12H2,1H3,(H,20,23)(H,21,22). The van der Waals surface area contributed by atoms with Crippen LogP contribution in [-0.2, 0) is 15.3 Å². The van der Waals surface area contributed by atoms with Crippen molar-refractivity contribution in [3.8, 4) is 0 Å². The van der Waals surface area contributed by atoms with Crippen LogP contribution in [0, 0.1) is 0 Å². The fraction of sp³-hybridized carbons (Fsp3) is 0.222. The van der Waals surface area contributed by atoms with Gasteiger partial charge in [-0.1, -0.05) is 58.4 Å². The Kier molecular flexibility index (Phi) is 7.34. The van der Waals surface area contributed by atoms with Crippen LogP contribution < -0.4 is 10.6 Å². The highest BCUT2D eigenvalue weighted by molar-refractivity contribution is 9.10. The Morgan fingerprint density at radius 2 is 1.75 bits per heavy atom. The number of thioether (sulfide) groups is 1. The van der Waals surface area contributed by atoms with Crippen LogP contribution in [-0.4, -0.2) is 24.6 Å². The van der Waals surface area contributed by atoms with Gasteiger partial charge in [0.1, 0.15) is 6.04 Å². The van der Waals surface area contributed by atoms with E-state index in [1.165, 1.54) is 11.8 Å². The number of benzene rings is 2. The lowest BCUT2D eigenvalue weighted by Gasteiger charge is -2.17. The molecule has 0 aliphatic carbocycles. The number of carbonyl (C=O) groups excluding carboxylic acids is 2. The summed E-state index contributed by atoms with van der Waals surface area (Å²) in [5, 5.41) is 5.39. The van der Waals surface area contributed by atoms with E-state index in [-0.39, 0.29) is 11.8 Å². The number of carbonyl (C=O) groups is 2. The van der Waals surface area contributed by atoms with Gasteiger partial charge < -0.3 is 10.6 Å². The summed E-state index contributed by atoms with van der Waals surface area (Å²) < 4.78 is 1.03. The number of likely N-dealkylation sites (N-methyl/N-ethyl adjacent to an activating group) is 1. The van der Waals surface area contributed by atoms with Gasteiger partial charge in [-0.15, -0.1) is 11.8 Å². The molecule has 4 nitrogen and oxygen atoms in total. The van der Waals surface area contributed by atoms with E-state index < -0.39 is 6.04 Å². The first kappa shape index (κ1) is 18.5. The first-order valence-electron chi connectivity index (χ1n) is 7.48. The molecule has 6 heteroatoms. The predicted octanol–water partition coefficient (Wildman–Crippen LogP) is 3.29. The molecule has 1 unspecified atom stereocenters. The Labute approximate surface area is 154 Å². The smallest absolute Gasteiger partial charge is 0.246 e. The molecule has 24 heavy (non-hydrogen) atoms. The van der Waals surface area contributed by atoms with Crippen LogP contribution in [0.1, 0.15) is 17.2 Å². The molecule has 0 heterocycles. The van der Waals surface area contributed by atoms with Crippen molar-refractivity contribution in [2.45, 2.75) is 11.8 Å². The van der Waals surface area contributed by atoms with Crippen molar-refractivity contribution >= 4 is 39.5 Å². The first-order valence-corrected chi connectivity index (χ1v) is 9.43. The minimum absolute atomic E-state index is 0.158. The average Bonchev–Trinajstić information content (AvgIpc) is 2.61. The van der Waals surface area contributed by atoms with Crippen LogP contribution in [0.25, 0.3) is 0 Å². The van der Waals surface area contributed by atoms with E-state index in [2.05, 4.69) is 26.6 Å². The maximum Gasteiger partial charge on any atom is 0.246 e. The Bertz CT molecular complexity index is 677. The molecule has 0 aliphatic rings. The molecule has 0 aliphatic heterocycles. The van der Waals surface area contributed by atoms with Gasteiger partial charge in [-0.25, -0.2) is 0 Å². The maximum absolute atomic E-state index is 12.2. The van der Waals surface area contributed by atoms with Gasteiger partial charge in [0.05, 0.1) is 5.75 Å². The third kappa shape index (κ3) is 5.69. The molecule has 0 saturated heterocycles. The second kappa shape index (κ2) is 9.49. The summed E-state index contributed by atoms with van der Waals surface area (Å²) in [6.07, 6.45) is 0. The van der Waals surface area contributed by atoms with Gasteiger partial charge >= 0.3 is 0 Å². The van der Waals surface area contributed by atoms with Crippen LogP contribution in [0.15, 0.2) is 59.1 Å². The Balaban J connectivity index is 1.88. The van der Waals surface area contributed by atoms with E-state index in [0.717, 1.165) is 21.4 Å². The van der Waals surface area contributed by atoms with Crippen molar-refractivity contribution in [3.05, 3.63) is 70.2 Å². The highest BCUT2D eigenvalue weighted by atomic mass is 79.9. The van der Waals surface area contributed by atoms with Gasteiger partial charge in [0.25, 0.3) is 0 Å². The zero-order valence-electron chi connectivity index (χ0n) is 13.3. The highest BCUT2D eigenvalue weighted by Gasteiger charge is 2.21. The number of rotatable bonds is 7. The molecule has 2 amide bonds. The minimum atomic E-state index is -0.669. The molecule has 0 fully saturated rings. The van der Waals surface area contributed by atoms with Gasteiger partial charge in [-0.3, -0.25) is 9.59 Å². The average molecular weight is 407 g/mol. The van der Waals surface area contributed by atoms with E-state index >= 15 is 0 Å². The molecule has 2 rings (SSSR count). The quantitative estimate of drug-likeness (QED) is 0.741. The Hall–Kier alpha value is -1.79. The van der Waals surface area contributed by atoms with Crippen LogP contribution in [0.3, 0.4) is 0 Å². The topological polar surface area (TPSA) is 58.2 Å². The fourth-order valence-electron chi connectivity index (χ4n) is 2.13. The van der Waals surface area contributed by atoms with E-state index in [1.54, 1.807) is 7.05 Å². The molecule has 0 spiro atoms. The van der Waals surface area contributed by atoms with E-state index in [0.29, 0.717) is 5.75 Å². The summed E-state index contributed by atoms with van der Waals surface area (Å²) in [6.45, 7) is 0. The third-order valence-corrected chi connectivity index (χ3v) is 4.89. The van der Waals surface area contributed by atoms with Crippen molar-refractivity contribution in [2.75, 3.05) is 12.8 Å². The monoisotopic (exact) mass is 406 g/mol. The summed E-state index contributed by atoms with van der Waals surface area (Å²) in [5.74, 6) is 0.662. The number of hydrogen-bond acceptors (Lipinski definition) is 3. The zero-order chi connectivity index (χ0) is 17.4. The van der Waals surface area contributed by atoms with Gasteiger partial charge in [0.2, 0.25) is 11.8 Å². The van der Waals surface area contributed by atoms with Crippen LogP contribution in [0.2, 0.25) is 0 Å². The van der Waals surface area contributed by atoms with E-state index in [4.69, 9.17) is 0 Å². The van der Waals surface area contributed by atoms with Crippen molar-refractivity contribution in [3.63, 3.8) is 0 Å². The molecule has 2 aromatic rings. The summed E-state index contributed by atoms with van der Waals surface area (Å²) in [4.78, 5) is 24.2. The largest absolute Gasteiger partial charge is 0.357 e. The molecule has 0 bridgehead atoms. The molecule has 126 valence electrons. The van der Waals surface area contributed by atoms with Crippen LogP contribution >= 0.6 is 27.7 Å². The number of halogens is 1. The minimum Gasteiger partial charge on any atom is -0.357 e. The second-order valence-corrected chi connectivity index (χ2v) is 7.05. The third-order valence-electron chi connectivity index (χ3n) is 3.36. The molecule has 2 aromatic carbocycles. The van der Waals surface area contributed by atoms with Gasteiger partial charge in [0, 0.05) is 17.3 Å². The fourth-order valence-corrected chi connectivity index (χ4v) is 3.20. The van der Waals surface area contributed by atoms with Crippen molar-refractivity contribution < 1.29 is 9.59 Å². The summed E-state index contributed by atoms with van der Waals surface area (Å²) in [7, 11) is 1.56. The first-order chi connectivity index (χ1) is 11.6. The number of amides is 2.